The Balaban J connectivity index is 2.23. The number of hydrogen-bond donors (Lipinski definition) is 1. The van der Waals surface area contributed by atoms with E-state index in [1.54, 1.807) is 0 Å². The lowest BCUT2D eigenvalue weighted by molar-refractivity contribution is 0.102. The molecule has 0 aliphatic carbocycles. The van der Waals surface area contributed by atoms with Crippen LogP contribution in [0.25, 0.3) is 0 Å². The van der Waals surface area contributed by atoms with E-state index in [2.05, 4.69) is 22.2 Å². The van der Waals surface area contributed by atoms with Crippen molar-refractivity contribution in [3.63, 3.8) is 0 Å². The Labute approximate surface area is 139 Å². The maximum Gasteiger partial charge on any atom is 0.275 e. The van der Waals surface area contributed by atoms with Crippen LogP contribution in [0.3, 0.4) is 0 Å². The first-order chi connectivity index (χ1) is 10.5. The highest BCUT2D eigenvalue weighted by molar-refractivity contribution is 7.99. The zero-order chi connectivity index (χ0) is 16.1. The van der Waals surface area contributed by atoms with Crippen LogP contribution in [0, 0.1) is 13.8 Å². The first kappa shape index (κ1) is 16.8. The molecule has 1 amide bonds. The third-order valence-corrected chi connectivity index (χ3v) is 4.36. The van der Waals surface area contributed by atoms with Crippen LogP contribution in [0.2, 0.25) is 5.02 Å². The average Bonchev–Trinajstić information content (AvgIpc) is 2.50. The molecule has 1 aromatic carbocycles. The average molecular weight is 336 g/mol. The summed E-state index contributed by atoms with van der Waals surface area (Å²) in [6, 6.07) is 5.90. The summed E-state index contributed by atoms with van der Waals surface area (Å²) in [4.78, 5) is 20.8. The molecular weight excluding hydrogens is 318 g/mol. The van der Waals surface area contributed by atoms with Gasteiger partial charge < -0.3 is 5.32 Å². The molecule has 0 spiro atoms. The van der Waals surface area contributed by atoms with E-state index in [0.717, 1.165) is 29.0 Å². The number of nitrogens with one attached hydrogen (secondary N) is 1. The maximum absolute atomic E-state index is 12.4. The number of rotatable bonds is 5. The number of nitrogens with zero attached hydrogens (tertiary/aromatic N) is 2. The molecule has 1 N–H and O–H groups in total. The summed E-state index contributed by atoms with van der Waals surface area (Å²) in [7, 11) is 0. The predicted molar refractivity (Wildman–Crippen MR) is 91.9 cm³/mol. The number of thioether (sulfide) groups is 1. The largest absolute Gasteiger partial charge is 0.320 e. The molecule has 0 saturated heterocycles. The highest BCUT2D eigenvalue weighted by atomic mass is 35.5. The maximum atomic E-state index is 12.4. The van der Waals surface area contributed by atoms with Gasteiger partial charge in [0.2, 0.25) is 0 Å². The normalized spacial score (nSPS) is 10.5. The van der Waals surface area contributed by atoms with E-state index in [-0.39, 0.29) is 16.6 Å². The van der Waals surface area contributed by atoms with Gasteiger partial charge in [0.05, 0.1) is 11.2 Å². The molecule has 22 heavy (non-hydrogen) atoms. The zero-order valence-corrected chi connectivity index (χ0v) is 14.4. The molecule has 0 fully saturated rings. The Hall–Kier alpha value is -1.59. The van der Waals surface area contributed by atoms with Crippen molar-refractivity contribution in [3.05, 3.63) is 46.2 Å². The molecule has 0 aliphatic rings. The summed E-state index contributed by atoms with van der Waals surface area (Å²) >= 11 is 7.58. The van der Waals surface area contributed by atoms with Gasteiger partial charge in [-0.05, 0) is 37.5 Å². The summed E-state index contributed by atoms with van der Waals surface area (Å²) < 4.78 is 0. The second kappa shape index (κ2) is 7.61. The van der Waals surface area contributed by atoms with Crippen LogP contribution in [-0.2, 0) is 0 Å². The smallest absolute Gasteiger partial charge is 0.275 e. The SMILES string of the molecule is CCCSc1ncc(Cl)c(C(=O)Nc2cc(C)ccc2C)n1. The second-order valence-corrected chi connectivity index (χ2v) is 6.44. The molecule has 2 rings (SSSR count). The summed E-state index contributed by atoms with van der Waals surface area (Å²) in [6.07, 6.45) is 2.49. The zero-order valence-electron chi connectivity index (χ0n) is 12.8. The van der Waals surface area contributed by atoms with Gasteiger partial charge in [0.15, 0.2) is 10.9 Å². The minimum Gasteiger partial charge on any atom is -0.320 e. The topological polar surface area (TPSA) is 54.9 Å². The molecule has 0 bridgehead atoms. The van der Waals surface area contributed by atoms with E-state index in [1.807, 2.05) is 32.0 Å². The number of anilines is 1. The Morgan fingerprint density at radius 2 is 2.14 bits per heavy atom. The van der Waals surface area contributed by atoms with Crippen molar-refractivity contribution in [2.45, 2.75) is 32.3 Å². The number of benzene rings is 1. The molecule has 0 saturated carbocycles. The first-order valence-corrected chi connectivity index (χ1v) is 8.41. The van der Waals surface area contributed by atoms with Gasteiger partial charge in [-0.1, -0.05) is 42.4 Å². The molecule has 6 heteroatoms. The second-order valence-electron chi connectivity index (χ2n) is 4.97. The minimum absolute atomic E-state index is 0.205. The van der Waals surface area contributed by atoms with Crippen molar-refractivity contribution in [3.8, 4) is 0 Å². The number of hydrogen-bond acceptors (Lipinski definition) is 4. The van der Waals surface area contributed by atoms with E-state index in [0.29, 0.717) is 5.16 Å². The lowest BCUT2D eigenvalue weighted by atomic mass is 10.1. The third-order valence-electron chi connectivity index (χ3n) is 3.01. The fourth-order valence-corrected chi connectivity index (χ4v) is 2.67. The standard InChI is InChI=1S/C16H18ClN3OS/c1-4-7-22-16-18-9-12(17)14(20-16)15(21)19-13-8-10(2)5-6-11(13)3/h5-6,8-9H,4,7H2,1-3H3,(H,19,21). The van der Waals surface area contributed by atoms with Gasteiger partial charge in [-0.25, -0.2) is 9.97 Å². The lowest BCUT2D eigenvalue weighted by Crippen LogP contribution is -2.16. The van der Waals surface area contributed by atoms with Crippen molar-refractivity contribution in [2.24, 2.45) is 0 Å². The summed E-state index contributed by atoms with van der Waals surface area (Å²) in [5, 5.41) is 3.69. The van der Waals surface area contributed by atoms with E-state index in [4.69, 9.17) is 11.6 Å². The number of aromatic nitrogens is 2. The highest BCUT2D eigenvalue weighted by Gasteiger charge is 2.15. The van der Waals surface area contributed by atoms with Crippen molar-refractivity contribution in [2.75, 3.05) is 11.1 Å². The highest BCUT2D eigenvalue weighted by Crippen LogP contribution is 2.21. The molecular formula is C16H18ClN3OS. The molecule has 0 atom stereocenters. The number of carbonyl (C=O) groups is 1. The Bertz CT molecular complexity index is 691. The summed E-state index contributed by atoms with van der Waals surface area (Å²) in [6.45, 7) is 6.00. The first-order valence-electron chi connectivity index (χ1n) is 7.05. The van der Waals surface area contributed by atoms with Gasteiger partial charge in [-0.15, -0.1) is 0 Å². The molecule has 116 valence electrons. The van der Waals surface area contributed by atoms with Crippen LogP contribution in [0.4, 0.5) is 5.69 Å². The van der Waals surface area contributed by atoms with E-state index < -0.39 is 0 Å². The molecule has 0 aliphatic heterocycles. The van der Waals surface area contributed by atoms with Crippen LogP contribution < -0.4 is 5.32 Å². The quantitative estimate of drug-likeness (QED) is 0.645. The summed E-state index contributed by atoms with van der Waals surface area (Å²) in [5.41, 5.74) is 3.04. The molecule has 1 aromatic heterocycles. The number of carbonyl (C=O) groups excluding carboxylic acids is 1. The molecule has 0 radical (unpaired) electrons. The van der Waals surface area contributed by atoms with Crippen LogP contribution in [0.1, 0.15) is 35.0 Å². The van der Waals surface area contributed by atoms with E-state index in [1.165, 1.54) is 18.0 Å². The van der Waals surface area contributed by atoms with Crippen LogP contribution in [0.15, 0.2) is 29.6 Å². The minimum atomic E-state index is -0.320. The Morgan fingerprint density at radius 1 is 1.36 bits per heavy atom. The van der Waals surface area contributed by atoms with Crippen LogP contribution >= 0.6 is 23.4 Å². The van der Waals surface area contributed by atoms with Gasteiger partial charge in [0, 0.05) is 11.4 Å². The third kappa shape index (κ3) is 4.21. The molecule has 4 nitrogen and oxygen atoms in total. The fraction of sp³-hybridized carbons (Fsp3) is 0.312. The molecule has 0 unspecified atom stereocenters. The lowest BCUT2D eigenvalue weighted by Gasteiger charge is -2.10. The van der Waals surface area contributed by atoms with Crippen molar-refractivity contribution in [1.29, 1.82) is 0 Å². The number of halogens is 1. The Kier molecular flexibility index (Phi) is 5.80. The van der Waals surface area contributed by atoms with Gasteiger partial charge in [0.1, 0.15) is 0 Å². The molecule has 2 aromatic rings. The number of aryl methyl sites for hydroxylation is 2. The predicted octanol–water partition coefficient (Wildman–Crippen LogP) is 4.50. The van der Waals surface area contributed by atoms with Crippen molar-refractivity contribution in [1.82, 2.24) is 9.97 Å². The van der Waals surface area contributed by atoms with Gasteiger partial charge in [-0.2, -0.15) is 0 Å². The van der Waals surface area contributed by atoms with Gasteiger partial charge in [-0.3, -0.25) is 4.79 Å². The Morgan fingerprint density at radius 3 is 2.86 bits per heavy atom. The number of amides is 1. The molecule has 1 heterocycles. The fourth-order valence-electron chi connectivity index (χ4n) is 1.83. The van der Waals surface area contributed by atoms with Crippen molar-refractivity contribution < 1.29 is 4.79 Å². The summed E-state index contributed by atoms with van der Waals surface area (Å²) in [5.74, 6) is 0.583. The van der Waals surface area contributed by atoms with Gasteiger partial charge in [0.25, 0.3) is 5.91 Å². The van der Waals surface area contributed by atoms with E-state index in [9.17, 15) is 4.79 Å². The van der Waals surface area contributed by atoms with Crippen LogP contribution in [-0.4, -0.2) is 21.6 Å². The van der Waals surface area contributed by atoms with Crippen molar-refractivity contribution >= 4 is 35.0 Å². The van der Waals surface area contributed by atoms with Gasteiger partial charge >= 0.3 is 0 Å². The van der Waals surface area contributed by atoms with Crippen LogP contribution in [0.5, 0.6) is 0 Å². The van der Waals surface area contributed by atoms with E-state index >= 15 is 0 Å². The monoisotopic (exact) mass is 335 g/mol.